The fraction of sp³-hybridized carbons (Fsp3) is 0.107. The van der Waals surface area contributed by atoms with Crippen LogP contribution in [0.3, 0.4) is 0 Å². The zero-order chi connectivity index (χ0) is 24.7. The van der Waals surface area contributed by atoms with Crippen molar-refractivity contribution in [2.24, 2.45) is 0 Å². The zero-order valence-electron chi connectivity index (χ0n) is 19.0. The van der Waals surface area contributed by atoms with E-state index in [2.05, 4.69) is 0 Å². The largest absolute Gasteiger partial charge is 0.332 e. The summed E-state index contributed by atoms with van der Waals surface area (Å²) in [7, 11) is -4.00. The zero-order valence-corrected chi connectivity index (χ0v) is 20.6. The van der Waals surface area contributed by atoms with Gasteiger partial charge in [0.05, 0.1) is 10.6 Å². The Morgan fingerprint density at radius 3 is 1.60 bits per heavy atom. The van der Waals surface area contributed by atoms with Gasteiger partial charge in [0.2, 0.25) is 5.91 Å². The third kappa shape index (κ3) is 6.29. The molecule has 4 aromatic rings. The fourth-order valence-electron chi connectivity index (χ4n) is 3.70. The number of carbonyl (C=O) groups excluding carboxylic acids is 1. The van der Waals surface area contributed by atoms with Crippen LogP contribution in [0.5, 0.6) is 0 Å². The van der Waals surface area contributed by atoms with E-state index in [1.54, 1.807) is 47.4 Å². The third-order valence-corrected chi connectivity index (χ3v) is 7.55. The predicted molar refractivity (Wildman–Crippen MR) is 140 cm³/mol. The lowest BCUT2D eigenvalue weighted by Crippen LogP contribution is -2.42. The van der Waals surface area contributed by atoms with E-state index in [0.29, 0.717) is 23.8 Å². The number of hydrogen-bond donors (Lipinski definition) is 0. The maximum atomic E-state index is 13.7. The van der Waals surface area contributed by atoms with Gasteiger partial charge in [-0.25, -0.2) is 8.42 Å². The second kappa shape index (κ2) is 11.2. The van der Waals surface area contributed by atoms with Crippen molar-refractivity contribution in [2.75, 3.05) is 10.8 Å². The Balaban J connectivity index is 1.68. The number of amides is 1. The number of benzene rings is 4. The van der Waals surface area contributed by atoms with Crippen molar-refractivity contribution >= 4 is 33.2 Å². The summed E-state index contributed by atoms with van der Waals surface area (Å²) in [5, 5.41) is 0.479. The molecule has 178 valence electrons. The normalized spacial score (nSPS) is 11.1. The molecule has 0 saturated heterocycles. The standard InChI is InChI=1S/C28H25ClN2O3S/c29-25-16-18-26(19-17-25)31(35(33,34)27-14-8-3-9-15-27)22-28(32)30(20-23-10-4-1-5-11-23)21-24-12-6-2-7-13-24/h1-19H,20-22H2. The van der Waals surface area contributed by atoms with Crippen molar-refractivity contribution in [3.05, 3.63) is 131 Å². The molecule has 0 bridgehead atoms. The van der Waals surface area contributed by atoms with Crippen LogP contribution >= 0.6 is 11.6 Å². The first kappa shape index (κ1) is 24.5. The smallest absolute Gasteiger partial charge is 0.264 e. The molecular weight excluding hydrogens is 480 g/mol. The highest BCUT2D eigenvalue weighted by Gasteiger charge is 2.29. The molecule has 0 aliphatic heterocycles. The van der Waals surface area contributed by atoms with Crippen LogP contribution < -0.4 is 4.31 Å². The number of sulfonamides is 1. The van der Waals surface area contributed by atoms with Gasteiger partial charge in [-0.15, -0.1) is 0 Å². The Bertz CT molecular complexity index is 1310. The molecule has 0 fully saturated rings. The molecule has 0 saturated carbocycles. The van der Waals surface area contributed by atoms with Crippen molar-refractivity contribution in [2.45, 2.75) is 18.0 Å². The highest BCUT2D eigenvalue weighted by Crippen LogP contribution is 2.26. The molecule has 1 amide bonds. The molecule has 0 N–H and O–H groups in total. The molecule has 0 radical (unpaired) electrons. The SMILES string of the molecule is O=C(CN(c1ccc(Cl)cc1)S(=O)(=O)c1ccccc1)N(Cc1ccccc1)Cc1ccccc1. The van der Waals surface area contributed by atoms with Crippen molar-refractivity contribution in [3.63, 3.8) is 0 Å². The van der Waals surface area contributed by atoms with Crippen LogP contribution in [0.25, 0.3) is 0 Å². The number of nitrogens with zero attached hydrogens (tertiary/aromatic N) is 2. The van der Waals surface area contributed by atoms with Gasteiger partial charge in [-0.1, -0.05) is 90.5 Å². The molecule has 0 aliphatic rings. The van der Waals surface area contributed by atoms with Crippen LogP contribution in [-0.4, -0.2) is 25.8 Å². The van der Waals surface area contributed by atoms with Gasteiger partial charge >= 0.3 is 0 Å². The van der Waals surface area contributed by atoms with Gasteiger partial charge in [0.1, 0.15) is 6.54 Å². The van der Waals surface area contributed by atoms with Crippen LogP contribution in [0, 0.1) is 0 Å². The summed E-state index contributed by atoms with van der Waals surface area (Å²) >= 11 is 6.04. The van der Waals surface area contributed by atoms with E-state index >= 15 is 0 Å². The quantitative estimate of drug-likeness (QED) is 0.291. The second-order valence-electron chi connectivity index (χ2n) is 8.02. The van der Waals surface area contributed by atoms with Crippen molar-refractivity contribution < 1.29 is 13.2 Å². The Morgan fingerprint density at radius 1 is 0.657 bits per heavy atom. The molecule has 35 heavy (non-hydrogen) atoms. The van der Waals surface area contributed by atoms with Crippen LogP contribution in [0.15, 0.2) is 120 Å². The highest BCUT2D eigenvalue weighted by molar-refractivity contribution is 7.92. The average molecular weight is 505 g/mol. The third-order valence-electron chi connectivity index (χ3n) is 5.51. The van der Waals surface area contributed by atoms with E-state index in [-0.39, 0.29) is 17.3 Å². The van der Waals surface area contributed by atoms with Gasteiger partial charge in [0.25, 0.3) is 10.0 Å². The fourth-order valence-corrected chi connectivity index (χ4v) is 5.27. The molecule has 0 unspecified atom stereocenters. The molecule has 0 atom stereocenters. The predicted octanol–water partition coefficient (Wildman–Crippen LogP) is 5.76. The lowest BCUT2D eigenvalue weighted by atomic mass is 10.1. The Hall–Kier alpha value is -3.61. The molecule has 0 spiro atoms. The molecule has 0 aromatic heterocycles. The van der Waals surface area contributed by atoms with Gasteiger partial charge in [-0.3, -0.25) is 9.10 Å². The average Bonchev–Trinajstić information content (AvgIpc) is 2.89. The van der Waals surface area contributed by atoms with E-state index in [0.717, 1.165) is 15.4 Å². The summed E-state index contributed by atoms with van der Waals surface area (Å²) in [4.78, 5) is 15.5. The lowest BCUT2D eigenvalue weighted by molar-refractivity contribution is -0.130. The Labute approximate surface area is 211 Å². The van der Waals surface area contributed by atoms with Crippen molar-refractivity contribution in [1.82, 2.24) is 4.90 Å². The molecular formula is C28H25ClN2O3S. The van der Waals surface area contributed by atoms with Gasteiger partial charge < -0.3 is 4.90 Å². The van der Waals surface area contributed by atoms with Crippen molar-refractivity contribution in [1.29, 1.82) is 0 Å². The second-order valence-corrected chi connectivity index (χ2v) is 10.3. The molecule has 4 aromatic carbocycles. The monoisotopic (exact) mass is 504 g/mol. The summed E-state index contributed by atoms with van der Waals surface area (Å²) in [6.45, 7) is 0.362. The number of carbonyl (C=O) groups is 1. The van der Waals surface area contributed by atoms with E-state index in [9.17, 15) is 13.2 Å². The first-order valence-electron chi connectivity index (χ1n) is 11.1. The van der Waals surface area contributed by atoms with E-state index in [1.165, 1.54) is 12.1 Å². The molecule has 0 heterocycles. The number of anilines is 1. The van der Waals surface area contributed by atoms with E-state index in [4.69, 9.17) is 11.6 Å². The number of rotatable bonds is 9. The van der Waals surface area contributed by atoms with Crippen molar-refractivity contribution in [3.8, 4) is 0 Å². The first-order valence-corrected chi connectivity index (χ1v) is 12.9. The summed E-state index contributed by atoms with van der Waals surface area (Å²) in [6.07, 6.45) is 0. The maximum Gasteiger partial charge on any atom is 0.264 e. The van der Waals surface area contributed by atoms with E-state index in [1.807, 2.05) is 60.7 Å². The van der Waals surface area contributed by atoms with Gasteiger partial charge in [0, 0.05) is 18.1 Å². The minimum Gasteiger partial charge on any atom is -0.332 e. The number of hydrogen-bond acceptors (Lipinski definition) is 3. The molecule has 4 rings (SSSR count). The Morgan fingerprint density at radius 2 is 1.11 bits per heavy atom. The molecule has 0 aliphatic carbocycles. The van der Waals surface area contributed by atoms with Crippen LogP contribution in [0.2, 0.25) is 5.02 Å². The topological polar surface area (TPSA) is 57.7 Å². The van der Waals surface area contributed by atoms with Gasteiger partial charge in [-0.2, -0.15) is 0 Å². The minimum atomic E-state index is -4.00. The van der Waals surface area contributed by atoms with Gasteiger partial charge in [0.15, 0.2) is 0 Å². The lowest BCUT2D eigenvalue weighted by Gasteiger charge is -2.29. The summed E-state index contributed by atoms with van der Waals surface area (Å²) in [5.41, 5.74) is 2.28. The highest BCUT2D eigenvalue weighted by atomic mass is 35.5. The van der Waals surface area contributed by atoms with Gasteiger partial charge in [-0.05, 0) is 47.5 Å². The summed E-state index contributed by atoms with van der Waals surface area (Å²) in [6, 6.07) is 33.8. The van der Waals surface area contributed by atoms with Crippen LogP contribution in [0.1, 0.15) is 11.1 Å². The molecule has 7 heteroatoms. The van der Waals surface area contributed by atoms with Crippen LogP contribution in [-0.2, 0) is 27.9 Å². The minimum absolute atomic E-state index is 0.111. The molecule has 5 nitrogen and oxygen atoms in total. The number of halogens is 1. The summed E-state index contributed by atoms with van der Waals surface area (Å²) < 4.78 is 28.4. The Kier molecular flexibility index (Phi) is 7.85. The summed E-state index contributed by atoms with van der Waals surface area (Å²) in [5.74, 6) is -0.313. The van der Waals surface area contributed by atoms with E-state index < -0.39 is 10.0 Å². The maximum absolute atomic E-state index is 13.7. The first-order chi connectivity index (χ1) is 16.9. The van der Waals surface area contributed by atoms with Crippen LogP contribution in [0.4, 0.5) is 5.69 Å².